The maximum Gasteiger partial charge on any atom is 0.316 e. The Morgan fingerprint density at radius 1 is 1.38 bits per heavy atom. The van der Waals surface area contributed by atoms with E-state index >= 15 is 0 Å². The number of hydrogen-bond acceptors (Lipinski definition) is 4. The average molecular weight is 294 g/mol. The van der Waals surface area contributed by atoms with E-state index in [-0.39, 0.29) is 28.5 Å². The molecule has 1 N–H and O–H groups in total. The van der Waals surface area contributed by atoms with Gasteiger partial charge in [-0.2, -0.15) is 5.06 Å². The molecule has 94 valence electrons. The minimum Gasteiger partial charge on any atom is -0.462 e. The Labute approximate surface area is 105 Å². The summed E-state index contributed by atoms with van der Waals surface area (Å²) >= 11 is 3.08. The standard InChI is InChI=1S/C11H20BrNO3/c1-10(2)5-8(16-9(14)7-12)6-11(3,4)13(10)15/h8,15H,5-7H2,1-4H3. The van der Waals surface area contributed by atoms with Crippen LogP contribution in [0.5, 0.6) is 0 Å². The van der Waals surface area contributed by atoms with Crippen LogP contribution in [0.15, 0.2) is 0 Å². The number of carbonyl (C=O) groups is 1. The normalized spacial score (nSPS) is 25.4. The van der Waals surface area contributed by atoms with Gasteiger partial charge in [0.1, 0.15) is 11.4 Å². The van der Waals surface area contributed by atoms with Crippen molar-refractivity contribution in [2.75, 3.05) is 5.33 Å². The molecule has 0 aromatic rings. The van der Waals surface area contributed by atoms with Crippen LogP contribution >= 0.6 is 15.9 Å². The average Bonchev–Trinajstić information content (AvgIpc) is 2.13. The van der Waals surface area contributed by atoms with Gasteiger partial charge >= 0.3 is 5.97 Å². The first-order valence-corrected chi connectivity index (χ1v) is 6.56. The van der Waals surface area contributed by atoms with Crippen LogP contribution < -0.4 is 0 Å². The summed E-state index contributed by atoms with van der Waals surface area (Å²) in [5, 5.41) is 11.6. The van der Waals surface area contributed by atoms with Crippen molar-refractivity contribution in [2.45, 2.75) is 57.7 Å². The molecule has 5 heteroatoms. The number of hydrogen-bond donors (Lipinski definition) is 1. The SMILES string of the molecule is CC1(C)CC(OC(=O)CBr)CC(C)(C)N1O. The highest BCUT2D eigenvalue weighted by Crippen LogP contribution is 2.37. The van der Waals surface area contributed by atoms with E-state index in [9.17, 15) is 10.0 Å². The molecule has 1 aliphatic rings. The van der Waals surface area contributed by atoms with Crippen LogP contribution in [-0.4, -0.2) is 38.8 Å². The Morgan fingerprint density at radius 2 is 1.81 bits per heavy atom. The number of ether oxygens (including phenoxy) is 1. The smallest absolute Gasteiger partial charge is 0.316 e. The van der Waals surface area contributed by atoms with E-state index in [4.69, 9.17) is 4.74 Å². The number of nitrogens with zero attached hydrogens (tertiary/aromatic N) is 1. The van der Waals surface area contributed by atoms with Crippen molar-refractivity contribution in [3.05, 3.63) is 0 Å². The maximum absolute atomic E-state index is 11.2. The molecule has 0 unspecified atom stereocenters. The van der Waals surface area contributed by atoms with E-state index < -0.39 is 0 Å². The van der Waals surface area contributed by atoms with Crippen molar-refractivity contribution in [3.63, 3.8) is 0 Å². The molecule has 1 heterocycles. The molecule has 0 amide bonds. The lowest BCUT2D eigenvalue weighted by molar-refractivity contribution is -0.259. The number of halogens is 1. The summed E-state index contributed by atoms with van der Waals surface area (Å²) in [4.78, 5) is 11.2. The molecule has 1 fully saturated rings. The number of esters is 1. The van der Waals surface area contributed by atoms with Gasteiger partial charge in [-0.15, -0.1) is 0 Å². The fourth-order valence-electron chi connectivity index (χ4n) is 2.48. The summed E-state index contributed by atoms with van der Waals surface area (Å²) in [7, 11) is 0. The van der Waals surface area contributed by atoms with E-state index in [1.807, 2.05) is 27.7 Å². The molecular formula is C11H20BrNO3. The fourth-order valence-corrected chi connectivity index (χ4v) is 2.61. The third-order valence-electron chi connectivity index (χ3n) is 3.01. The minimum atomic E-state index is -0.376. The predicted molar refractivity (Wildman–Crippen MR) is 64.7 cm³/mol. The third-order valence-corrected chi connectivity index (χ3v) is 3.47. The molecule has 1 saturated heterocycles. The van der Waals surface area contributed by atoms with Gasteiger partial charge in [0, 0.05) is 23.9 Å². The number of hydroxylamine groups is 2. The summed E-state index contributed by atoms with van der Waals surface area (Å²) in [5.41, 5.74) is -0.752. The van der Waals surface area contributed by atoms with E-state index in [1.165, 1.54) is 5.06 Å². The molecule has 0 aromatic carbocycles. The molecule has 1 aliphatic heterocycles. The molecule has 4 nitrogen and oxygen atoms in total. The Bertz CT molecular complexity index is 260. The lowest BCUT2D eigenvalue weighted by Gasteiger charge is -2.50. The van der Waals surface area contributed by atoms with Crippen molar-refractivity contribution >= 4 is 21.9 Å². The molecule has 0 bridgehead atoms. The highest BCUT2D eigenvalue weighted by atomic mass is 79.9. The second kappa shape index (κ2) is 4.63. The Kier molecular flexibility index (Phi) is 4.03. The van der Waals surface area contributed by atoms with Crippen molar-refractivity contribution in [3.8, 4) is 0 Å². The highest BCUT2D eigenvalue weighted by molar-refractivity contribution is 9.09. The fraction of sp³-hybridized carbons (Fsp3) is 0.909. The molecule has 0 aliphatic carbocycles. The topological polar surface area (TPSA) is 49.8 Å². The van der Waals surface area contributed by atoms with Gasteiger partial charge in [-0.1, -0.05) is 15.9 Å². The van der Waals surface area contributed by atoms with E-state index in [0.717, 1.165) is 0 Å². The first-order chi connectivity index (χ1) is 7.19. The van der Waals surface area contributed by atoms with Crippen LogP contribution in [0.4, 0.5) is 0 Å². The van der Waals surface area contributed by atoms with Crippen LogP contribution in [0.2, 0.25) is 0 Å². The number of rotatable bonds is 2. The van der Waals surface area contributed by atoms with Gasteiger partial charge < -0.3 is 9.94 Å². The first-order valence-electron chi connectivity index (χ1n) is 5.44. The van der Waals surface area contributed by atoms with Gasteiger partial charge in [-0.25, -0.2) is 0 Å². The van der Waals surface area contributed by atoms with Crippen LogP contribution in [0, 0.1) is 0 Å². The van der Waals surface area contributed by atoms with Crippen molar-refractivity contribution in [1.29, 1.82) is 0 Å². The first kappa shape index (κ1) is 13.9. The molecular weight excluding hydrogens is 274 g/mol. The van der Waals surface area contributed by atoms with Crippen LogP contribution in [0.25, 0.3) is 0 Å². The van der Waals surface area contributed by atoms with Crippen LogP contribution in [0.1, 0.15) is 40.5 Å². The van der Waals surface area contributed by atoms with Gasteiger partial charge in [-0.05, 0) is 27.7 Å². The van der Waals surface area contributed by atoms with Gasteiger partial charge in [-0.3, -0.25) is 4.79 Å². The Morgan fingerprint density at radius 3 is 2.19 bits per heavy atom. The molecule has 0 radical (unpaired) electrons. The molecule has 1 rings (SSSR count). The molecule has 0 atom stereocenters. The lowest BCUT2D eigenvalue weighted by atomic mass is 9.80. The molecule has 16 heavy (non-hydrogen) atoms. The zero-order chi connectivity index (χ0) is 12.6. The Hall–Kier alpha value is -0.130. The minimum absolute atomic E-state index is 0.126. The van der Waals surface area contributed by atoms with Gasteiger partial charge in [0.15, 0.2) is 0 Å². The summed E-state index contributed by atoms with van der Waals surface area (Å²) in [6, 6.07) is 0. The third kappa shape index (κ3) is 2.96. The van der Waals surface area contributed by atoms with Crippen LogP contribution in [0.3, 0.4) is 0 Å². The largest absolute Gasteiger partial charge is 0.462 e. The van der Waals surface area contributed by atoms with E-state index in [0.29, 0.717) is 12.8 Å². The quantitative estimate of drug-likeness (QED) is 0.627. The van der Waals surface area contributed by atoms with E-state index in [1.54, 1.807) is 0 Å². The van der Waals surface area contributed by atoms with Crippen molar-refractivity contribution in [2.24, 2.45) is 0 Å². The zero-order valence-electron chi connectivity index (χ0n) is 10.3. The second-order valence-electron chi connectivity index (χ2n) is 5.59. The number of carbonyl (C=O) groups excluding carboxylic acids is 1. The van der Waals surface area contributed by atoms with Crippen LogP contribution in [-0.2, 0) is 9.53 Å². The molecule has 0 saturated carbocycles. The lowest BCUT2D eigenvalue weighted by Crippen LogP contribution is -2.60. The number of alkyl halides is 1. The van der Waals surface area contributed by atoms with Crippen molar-refractivity contribution in [1.82, 2.24) is 5.06 Å². The summed E-state index contributed by atoms with van der Waals surface area (Å²) in [6.07, 6.45) is 1.16. The zero-order valence-corrected chi connectivity index (χ0v) is 11.9. The van der Waals surface area contributed by atoms with Gasteiger partial charge in [0.25, 0.3) is 0 Å². The maximum atomic E-state index is 11.2. The molecule has 0 aromatic heterocycles. The van der Waals surface area contributed by atoms with Gasteiger partial charge in [0.05, 0.1) is 0 Å². The summed E-state index contributed by atoms with van der Waals surface area (Å²) in [6.45, 7) is 7.79. The van der Waals surface area contributed by atoms with Gasteiger partial charge in [0.2, 0.25) is 0 Å². The highest BCUT2D eigenvalue weighted by Gasteiger charge is 2.46. The van der Waals surface area contributed by atoms with Crippen molar-refractivity contribution < 1.29 is 14.7 Å². The summed E-state index contributed by atoms with van der Waals surface area (Å²) in [5.74, 6) is -0.247. The molecule has 0 spiro atoms. The summed E-state index contributed by atoms with van der Waals surface area (Å²) < 4.78 is 5.34. The number of piperidine rings is 1. The monoisotopic (exact) mass is 293 g/mol. The predicted octanol–water partition coefficient (Wildman–Crippen LogP) is 2.34. The second-order valence-corrected chi connectivity index (χ2v) is 6.15. The Balaban J connectivity index is 2.75. The van der Waals surface area contributed by atoms with E-state index in [2.05, 4.69) is 15.9 Å².